The van der Waals surface area contributed by atoms with Gasteiger partial charge in [0.2, 0.25) is 0 Å². The molecule has 1 aliphatic heterocycles. The van der Waals surface area contributed by atoms with Crippen molar-refractivity contribution in [3.05, 3.63) is 23.8 Å². The van der Waals surface area contributed by atoms with E-state index in [1.54, 1.807) is 6.92 Å². The van der Waals surface area contributed by atoms with Crippen LogP contribution in [-0.4, -0.2) is 25.0 Å². The minimum absolute atomic E-state index is 0.131. The van der Waals surface area contributed by atoms with E-state index in [4.69, 9.17) is 0 Å². The van der Waals surface area contributed by atoms with Crippen molar-refractivity contribution < 1.29 is 4.79 Å². The maximum absolute atomic E-state index is 11.4. The topological polar surface area (TPSA) is 23.6 Å². The van der Waals surface area contributed by atoms with Crippen LogP contribution in [0.1, 0.15) is 38.1 Å². The van der Waals surface area contributed by atoms with Gasteiger partial charge in [0.1, 0.15) is 0 Å². The average molecular weight is 232 g/mol. The van der Waals surface area contributed by atoms with Crippen molar-refractivity contribution in [1.82, 2.24) is 0 Å². The number of hydrogen-bond donors (Lipinski definition) is 0. The van der Waals surface area contributed by atoms with Gasteiger partial charge in [-0.1, -0.05) is 0 Å². The molecule has 0 saturated heterocycles. The zero-order chi connectivity index (χ0) is 12.6. The highest BCUT2D eigenvalue weighted by Gasteiger charge is 2.30. The van der Waals surface area contributed by atoms with Crippen molar-refractivity contribution in [2.75, 3.05) is 22.9 Å². The van der Waals surface area contributed by atoms with Crippen LogP contribution in [0.25, 0.3) is 0 Å². The first kappa shape index (κ1) is 12.0. The van der Waals surface area contributed by atoms with Crippen LogP contribution in [0.3, 0.4) is 0 Å². The zero-order valence-electron chi connectivity index (χ0n) is 11.0. The molecule has 0 aromatic heterocycles. The normalized spacial score (nSPS) is 18.5. The molecule has 0 bridgehead atoms. The summed E-state index contributed by atoms with van der Waals surface area (Å²) in [6, 6.07) is 6.02. The summed E-state index contributed by atoms with van der Waals surface area (Å²) in [4.78, 5) is 16.1. The van der Waals surface area contributed by atoms with Crippen LogP contribution in [-0.2, 0) is 0 Å². The van der Waals surface area contributed by atoms with Crippen molar-refractivity contribution in [3.63, 3.8) is 0 Å². The quantitative estimate of drug-likeness (QED) is 0.749. The number of rotatable bonds is 3. The highest BCUT2D eigenvalue weighted by molar-refractivity contribution is 5.97. The lowest BCUT2D eigenvalue weighted by atomic mass is 10.1. The molecular weight excluding hydrogens is 212 g/mol. The molecule has 0 fully saturated rings. The number of benzene rings is 1. The second kappa shape index (κ2) is 4.40. The molecule has 0 N–H and O–H groups in total. The lowest BCUT2D eigenvalue weighted by molar-refractivity contribution is 0.101. The van der Waals surface area contributed by atoms with Gasteiger partial charge in [0.05, 0.1) is 17.5 Å². The maximum atomic E-state index is 11.4. The van der Waals surface area contributed by atoms with Crippen LogP contribution < -0.4 is 9.80 Å². The molecule has 0 amide bonds. The van der Waals surface area contributed by atoms with Crippen LogP contribution in [0.4, 0.5) is 11.4 Å². The summed E-state index contributed by atoms with van der Waals surface area (Å²) in [7, 11) is 0. The monoisotopic (exact) mass is 232 g/mol. The number of Topliss-reactive ketones (excluding diaryl/α,β-unsaturated/α-hetero) is 1. The fourth-order valence-corrected chi connectivity index (χ4v) is 2.66. The largest absolute Gasteiger partial charge is 0.350 e. The Kier molecular flexibility index (Phi) is 3.09. The highest BCUT2D eigenvalue weighted by Crippen LogP contribution is 2.39. The Bertz CT molecular complexity index is 442. The summed E-state index contributed by atoms with van der Waals surface area (Å²) in [5, 5.41) is 0. The first-order chi connectivity index (χ1) is 8.10. The van der Waals surface area contributed by atoms with Crippen molar-refractivity contribution >= 4 is 17.2 Å². The van der Waals surface area contributed by atoms with E-state index in [0.29, 0.717) is 6.17 Å². The summed E-state index contributed by atoms with van der Waals surface area (Å²) in [6.45, 7) is 10.1. The fourth-order valence-electron chi connectivity index (χ4n) is 2.66. The van der Waals surface area contributed by atoms with E-state index >= 15 is 0 Å². The number of ketones is 1. The van der Waals surface area contributed by atoms with Gasteiger partial charge in [0.25, 0.3) is 0 Å². The molecular formula is C14H20N2O. The van der Waals surface area contributed by atoms with Gasteiger partial charge in [-0.2, -0.15) is 0 Å². The van der Waals surface area contributed by atoms with E-state index < -0.39 is 0 Å². The number of anilines is 2. The van der Waals surface area contributed by atoms with Gasteiger partial charge in [-0.3, -0.25) is 4.79 Å². The second-order valence-corrected chi connectivity index (χ2v) is 4.46. The molecule has 17 heavy (non-hydrogen) atoms. The molecule has 1 atom stereocenters. The minimum Gasteiger partial charge on any atom is -0.350 e. The predicted molar refractivity (Wildman–Crippen MR) is 71.9 cm³/mol. The first-order valence-corrected chi connectivity index (χ1v) is 6.28. The summed E-state index contributed by atoms with van der Waals surface area (Å²) < 4.78 is 0. The summed E-state index contributed by atoms with van der Waals surface area (Å²) in [6.07, 6.45) is 0.377. The maximum Gasteiger partial charge on any atom is 0.159 e. The Balaban J connectivity index is 2.50. The lowest BCUT2D eigenvalue weighted by Gasteiger charge is -2.28. The first-order valence-electron chi connectivity index (χ1n) is 6.28. The molecule has 3 heteroatoms. The number of hydrogen-bond acceptors (Lipinski definition) is 3. The van der Waals surface area contributed by atoms with Crippen molar-refractivity contribution in [1.29, 1.82) is 0 Å². The average Bonchev–Trinajstić information content (AvgIpc) is 2.58. The molecule has 1 aromatic carbocycles. The van der Waals surface area contributed by atoms with Gasteiger partial charge in [-0.15, -0.1) is 0 Å². The molecule has 0 radical (unpaired) electrons. The molecule has 1 aliphatic rings. The van der Waals surface area contributed by atoms with Gasteiger partial charge >= 0.3 is 0 Å². The summed E-state index contributed by atoms with van der Waals surface area (Å²) >= 11 is 0. The number of carbonyl (C=O) groups is 1. The summed E-state index contributed by atoms with van der Waals surface area (Å²) in [5.41, 5.74) is 3.23. The lowest BCUT2D eigenvalue weighted by Crippen LogP contribution is -2.40. The van der Waals surface area contributed by atoms with Gasteiger partial charge in [0, 0.05) is 18.7 Å². The SMILES string of the molecule is CCN1c2ccc(C(C)=O)cc2N(CC)C1C. The van der Waals surface area contributed by atoms with Gasteiger partial charge in [-0.25, -0.2) is 0 Å². The van der Waals surface area contributed by atoms with E-state index in [0.717, 1.165) is 18.7 Å². The number of fused-ring (bicyclic) bond motifs is 1. The third kappa shape index (κ3) is 1.79. The molecule has 0 spiro atoms. The molecule has 0 saturated carbocycles. The van der Waals surface area contributed by atoms with E-state index in [1.165, 1.54) is 11.4 Å². The Morgan fingerprint density at radius 3 is 2.29 bits per heavy atom. The van der Waals surface area contributed by atoms with E-state index in [1.807, 2.05) is 12.1 Å². The van der Waals surface area contributed by atoms with Crippen LogP contribution in [0.5, 0.6) is 0 Å². The molecule has 1 aromatic rings. The standard InChI is InChI=1S/C14H20N2O/c1-5-15-11(4)16(6-2)14-9-12(10(3)17)7-8-13(14)15/h7-9,11H,5-6H2,1-4H3. The van der Waals surface area contributed by atoms with Gasteiger partial charge < -0.3 is 9.80 Å². The van der Waals surface area contributed by atoms with E-state index in [-0.39, 0.29) is 5.78 Å². The smallest absolute Gasteiger partial charge is 0.159 e. The molecule has 0 aliphatic carbocycles. The zero-order valence-corrected chi connectivity index (χ0v) is 11.0. The second-order valence-electron chi connectivity index (χ2n) is 4.46. The van der Waals surface area contributed by atoms with Crippen LogP contribution in [0, 0.1) is 0 Å². The van der Waals surface area contributed by atoms with Crippen molar-refractivity contribution in [2.45, 2.75) is 33.9 Å². The third-order valence-electron chi connectivity index (χ3n) is 3.58. The fraction of sp³-hybridized carbons (Fsp3) is 0.500. The van der Waals surface area contributed by atoms with Gasteiger partial charge in [-0.05, 0) is 45.9 Å². The van der Waals surface area contributed by atoms with Crippen LogP contribution in [0.2, 0.25) is 0 Å². The predicted octanol–water partition coefficient (Wildman–Crippen LogP) is 2.90. The molecule has 92 valence electrons. The summed E-state index contributed by atoms with van der Waals surface area (Å²) in [5.74, 6) is 0.131. The molecule has 1 unspecified atom stereocenters. The van der Waals surface area contributed by atoms with Crippen LogP contribution >= 0.6 is 0 Å². The van der Waals surface area contributed by atoms with Gasteiger partial charge in [0.15, 0.2) is 5.78 Å². The number of carbonyl (C=O) groups excluding carboxylic acids is 1. The number of nitrogens with zero attached hydrogens (tertiary/aromatic N) is 2. The van der Waals surface area contributed by atoms with E-state index in [9.17, 15) is 4.79 Å². The Morgan fingerprint density at radius 2 is 1.76 bits per heavy atom. The Labute approximate surface area is 103 Å². The molecule has 3 nitrogen and oxygen atoms in total. The minimum atomic E-state index is 0.131. The van der Waals surface area contributed by atoms with Crippen molar-refractivity contribution in [3.8, 4) is 0 Å². The molecule has 2 rings (SSSR count). The Hall–Kier alpha value is -1.51. The van der Waals surface area contributed by atoms with E-state index in [2.05, 4.69) is 36.6 Å². The third-order valence-corrected chi connectivity index (χ3v) is 3.58. The highest BCUT2D eigenvalue weighted by atomic mass is 16.1. The van der Waals surface area contributed by atoms with Crippen molar-refractivity contribution in [2.24, 2.45) is 0 Å². The van der Waals surface area contributed by atoms with Crippen LogP contribution in [0.15, 0.2) is 18.2 Å². The Morgan fingerprint density at radius 1 is 1.18 bits per heavy atom. The molecule has 1 heterocycles.